The summed E-state index contributed by atoms with van der Waals surface area (Å²) in [4.78, 5) is 16.0. The first-order chi connectivity index (χ1) is 10.2. The molecule has 0 atom stereocenters. The maximum atomic E-state index is 11.7. The van der Waals surface area contributed by atoms with Gasteiger partial charge >= 0.3 is 5.97 Å². The van der Waals surface area contributed by atoms with Gasteiger partial charge in [-0.2, -0.15) is 0 Å². The molecule has 1 heterocycles. The number of aromatic nitrogens is 2. The van der Waals surface area contributed by atoms with Crippen molar-refractivity contribution in [3.05, 3.63) is 54.4 Å². The highest BCUT2D eigenvalue weighted by molar-refractivity contribution is 5.93. The van der Waals surface area contributed by atoms with Crippen LogP contribution in [0.5, 0.6) is 5.75 Å². The molecular weight excluding hydrogens is 268 g/mol. The van der Waals surface area contributed by atoms with E-state index in [1.165, 1.54) is 0 Å². The molecule has 0 amide bonds. The maximum Gasteiger partial charge on any atom is 0.338 e. The van der Waals surface area contributed by atoms with Crippen LogP contribution in [0.25, 0.3) is 16.7 Å². The molecule has 3 rings (SSSR count). The Bertz CT molecular complexity index is 791. The first-order valence-electron chi connectivity index (χ1n) is 6.62. The van der Waals surface area contributed by atoms with Crippen LogP contribution in [0.15, 0.2) is 48.8 Å². The fourth-order valence-electron chi connectivity index (χ4n) is 2.17. The van der Waals surface area contributed by atoms with E-state index in [0.717, 1.165) is 11.2 Å². The van der Waals surface area contributed by atoms with Crippen LogP contribution in [0.3, 0.4) is 0 Å². The van der Waals surface area contributed by atoms with Crippen molar-refractivity contribution < 1.29 is 14.6 Å². The van der Waals surface area contributed by atoms with Gasteiger partial charge in [0.05, 0.1) is 23.2 Å². The lowest BCUT2D eigenvalue weighted by Crippen LogP contribution is -2.04. The Morgan fingerprint density at radius 3 is 2.71 bits per heavy atom. The molecule has 1 aromatic heterocycles. The molecule has 0 spiro atoms. The summed E-state index contributed by atoms with van der Waals surface area (Å²) in [7, 11) is 0. The van der Waals surface area contributed by atoms with Crippen LogP contribution in [0.1, 0.15) is 17.3 Å². The number of carbonyl (C=O) groups is 1. The fourth-order valence-corrected chi connectivity index (χ4v) is 2.17. The van der Waals surface area contributed by atoms with E-state index < -0.39 is 0 Å². The molecule has 5 heteroatoms. The summed E-state index contributed by atoms with van der Waals surface area (Å²) in [6.45, 7) is 2.12. The molecule has 0 radical (unpaired) electrons. The molecule has 0 saturated heterocycles. The molecule has 2 aromatic carbocycles. The molecule has 21 heavy (non-hydrogen) atoms. The van der Waals surface area contributed by atoms with Crippen molar-refractivity contribution in [2.45, 2.75) is 6.92 Å². The Kier molecular flexibility index (Phi) is 3.31. The summed E-state index contributed by atoms with van der Waals surface area (Å²) < 4.78 is 6.87. The zero-order valence-electron chi connectivity index (χ0n) is 11.5. The zero-order valence-corrected chi connectivity index (χ0v) is 11.5. The van der Waals surface area contributed by atoms with Crippen LogP contribution in [-0.2, 0) is 4.74 Å². The quantitative estimate of drug-likeness (QED) is 0.750. The van der Waals surface area contributed by atoms with Crippen molar-refractivity contribution >= 4 is 17.0 Å². The molecule has 0 saturated carbocycles. The minimum absolute atomic E-state index is 0.216. The van der Waals surface area contributed by atoms with Crippen LogP contribution in [0.4, 0.5) is 0 Å². The molecule has 106 valence electrons. The smallest absolute Gasteiger partial charge is 0.338 e. The molecule has 1 N–H and O–H groups in total. The summed E-state index contributed by atoms with van der Waals surface area (Å²) in [6, 6.07) is 12.1. The zero-order chi connectivity index (χ0) is 14.8. The number of nitrogens with zero attached hydrogens (tertiary/aromatic N) is 2. The highest BCUT2D eigenvalue weighted by Crippen LogP contribution is 2.21. The number of phenols is 1. The summed E-state index contributed by atoms with van der Waals surface area (Å²) in [5, 5.41) is 9.34. The number of fused-ring (bicyclic) bond motifs is 1. The largest absolute Gasteiger partial charge is 0.508 e. The van der Waals surface area contributed by atoms with Gasteiger partial charge in [-0.05, 0) is 49.4 Å². The number of phenolic OH excluding ortho intramolecular Hbond substituents is 1. The van der Waals surface area contributed by atoms with Crippen LogP contribution in [0, 0.1) is 0 Å². The maximum absolute atomic E-state index is 11.7. The van der Waals surface area contributed by atoms with E-state index in [1.807, 2.05) is 10.6 Å². The van der Waals surface area contributed by atoms with Crippen LogP contribution in [-0.4, -0.2) is 27.2 Å². The second-order valence-electron chi connectivity index (χ2n) is 4.55. The number of aromatic hydroxyl groups is 1. The van der Waals surface area contributed by atoms with E-state index in [-0.39, 0.29) is 11.7 Å². The van der Waals surface area contributed by atoms with E-state index in [4.69, 9.17) is 4.74 Å². The van der Waals surface area contributed by atoms with Gasteiger partial charge in [0, 0.05) is 5.69 Å². The Hall–Kier alpha value is -2.82. The van der Waals surface area contributed by atoms with Gasteiger partial charge in [0.2, 0.25) is 0 Å². The van der Waals surface area contributed by atoms with E-state index in [1.54, 1.807) is 49.6 Å². The Morgan fingerprint density at radius 2 is 2.00 bits per heavy atom. The predicted octanol–water partition coefficient (Wildman–Crippen LogP) is 2.91. The summed E-state index contributed by atoms with van der Waals surface area (Å²) in [6.07, 6.45) is 1.69. The molecule has 0 unspecified atom stereocenters. The first-order valence-corrected chi connectivity index (χ1v) is 6.62. The van der Waals surface area contributed by atoms with Gasteiger partial charge in [0.1, 0.15) is 12.1 Å². The van der Waals surface area contributed by atoms with E-state index in [0.29, 0.717) is 17.7 Å². The minimum atomic E-state index is -0.349. The Morgan fingerprint density at radius 1 is 1.24 bits per heavy atom. The highest BCUT2D eigenvalue weighted by Gasteiger charge is 2.10. The third-order valence-corrected chi connectivity index (χ3v) is 3.19. The molecule has 0 aliphatic rings. The van der Waals surface area contributed by atoms with Crippen molar-refractivity contribution in [2.75, 3.05) is 6.61 Å². The monoisotopic (exact) mass is 282 g/mol. The van der Waals surface area contributed by atoms with Crippen molar-refractivity contribution in [2.24, 2.45) is 0 Å². The van der Waals surface area contributed by atoms with E-state index in [9.17, 15) is 9.90 Å². The lowest BCUT2D eigenvalue weighted by Gasteiger charge is -2.05. The first kappa shape index (κ1) is 13.2. The summed E-state index contributed by atoms with van der Waals surface area (Å²) >= 11 is 0. The van der Waals surface area contributed by atoms with E-state index in [2.05, 4.69) is 4.98 Å². The summed E-state index contributed by atoms with van der Waals surface area (Å²) in [5.41, 5.74) is 2.97. The molecule has 3 aromatic rings. The van der Waals surface area contributed by atoms with Gasteiger partial charge in [-0.25, -0.2) is 9.78 Å². The second-order valence-corrected chi connectivity index (χ2v) is 4.55. The van der Waals surface area contributed by atoms with Gasteiger partial charge in [-0.1, -0.05) is 0 Å². The van der Waals surface area contributed by atoms with Crippen molar-refractivity contribution in [3.63, 3.8) is 0 Å². The van der Waals surface area contributed by atoms with Gasteiger partial charge in [0.25, 0.3) is 0 Å². The topological polar surface area (TPSA) is 64.3 Å². The van der Waals surface area contributed by atoms with Crippen LogP contribution in [0.2, 0.25) is 0 Å². The average Bonchev–Trinajstić information content (AvgIpc) is 2.91. The Balaban J connectivity index is 2.03. The highest BCUT2D eigenvalue weighted by atomic mass is 16.5. The second kappa shape index (κ2) is 5.28. The number of ether oxygens (including phenoxy) is 1. The molecule has 5 nitrogen and oxygen atoms in total. The third kappa shape index (κ3) is 2.45. The average molecular weight is 282 g/mol. The standard InChI is InChI=1S/C16H14N2O3/c1-2-21-16(20)11-3-8-15-14(9-11)17-10-18(15)12-4-6-13(19)7-5-12/h3-10,19H,2H2,1H3. The number of esters is 1. The number of benzene rings is 2. The summed E-state index contributed by atoms with van der Waals surface area (Å²) in [5.74, 6) is -0.133. The van der Waals surface area contributed by atoms with Gasteiger partial charge in [-0.3, -0.25) is 4.57 Å². The SMILES string of the molecule is CCOC(=O)c1ccc2c(c1)ncn2-c1ccc(O)cc1. The van der Waals surface area contributed by atoms with Crippen molar-refractivity contribution in [3.8, 4) is 11.4 Å². The fraction of sp³-hybridized carbons (Fsp3) is 0.125. The lowest BCUT2D eigenvalue weighted by molar-refractivity contribution is 0.0526. The van der Waals surface area contributed by atoms with Gasteiger partial charge < -0.3 is 9.84 Å². The number of hydrogen-bond acceptors (Lipinski definition) is 4. The van der Waals surface area contributed by atoms with Gasteiger partial charge in [0.15, 0.2) is 0 Å². The van der Waals surface area contributed by atoms with Gasteiger partial charge in [-0.15, -0.1) is 0 Å². The van der Waals surface area contributed by atoms with Crippen LogP contribution >= 0.6 is 0 Å². The molecule has 0 bridgehead atoms. The van der Waals surface area contributed by atoms with E-state index >= 15 is 0 Å². The number of imidazole rings is 1. The predicted molar refractivity (Wildman–Crippen MR) is 78.7 cm³/mol. The van der Waals surface area contributed by atoms with Crippen molar-refractivity contribution in [1.82, 2.24) is 9.55 Å². The van der Waals surface area contributed by atoms with Crippen LogP contribution < -0.4 is 0 Å². The normalized spacial score (nSPS) is 10.7. The Labute approximate surface area is 121 Å². The minimum Gasteiger partial charge on any atom is -0.508 e. The molecular formula is C16H14N2O3. The molecule has 0 aliphatic carbocycles. The number of rotatable bonds is 3. The van der Waals surface area contributed by atoms with Crippen molar-refractivity contribution in [1.29, 1.82) is 0 Å². The molecule has 0 aliphatic heterocycles. The third-order valence-electron chi connectivity index (χ3n) is 3.19. The number of carbonyl (C=O) groups excluding carboxylic acids is 1. The molecule has 0 fully saturated rings. The number of hydrogen-bond donors (Lipinski definition) is 1. The lowest BCUT2D eigenvalue weighted by atomic mass is 10.2.